The Balaban J connectivity index is -0.000000240. The molecule has 0 saturated carbocycles. The standard InChI is InChI=1S/C5H12NO5PS.Ca.2H/c1-13-3-2-4(6)5(7)11-12(8,9)10;;;/h4H,2-3,6H2,1H3,(H2,8,9,10);;;/q;+2;2*-1/t4-;;;/m0.../s1. The third kappa shape index (κ3) is 9.73. The van der Waals surface area contributed by atoms with Crippen LogP contribution in [0.5, 0.6) is 0 Å². The molecule has 82 valence electrons. The summed E-state index contributed by atoms with van der Waals surface area (Å²) in [5.41, 5.74) is 5.28. The Morgan fingerprint density at radius 1 is 1.71 bits per heavy atom. The molecule has 0 aliphatic carbocycles. The van der Waals surface area contributed by atoms with Gasteiger partial charge in [-0.1, -0.05) is 0 Å². The maximum atomic E-state index is 10.8. The topological polar surface area (TPSA) is 110 Å². The first-order chi connectivity index (χ1) is 5.87. The molecule has 0 unspecified atom stereocenters. The van der Waals surface area contributed by atoms with E-state index < -0.39 is 19.8 Å². The molecule has 0 bridgehead atoms. The van der Waals surface area contributed by atoms with E-state index >= 15 is 0 Å². The summed E-state index contributed by atoms with van der Waals surface area (Å²) in [7, 11) is -4.74. The Kier molecular flexibility index (Phi) is 10.5. The minimum atomic E-state index is -4.74. The number of phosphoric acid groups is 1. The van der Waals surface area contributed by atoms with Gasteiger partial charge in [-0.3, -0.25) is 9.79 Å². The number of hydrogen-bond acceptors (Lipinski definition) is 5. The summed E-state index contributed by atoms with van der Waals surface area (Å²) in [4.78, 5) is 27.4. The van der Waals surface area contributed by atoms with Gasteiger partial charge in [0.15, 0.2) is 0 Å². The van der Waals surface area contributed by atoms with Gasteiger partial charge in [-0.2, -0.15) is 11.8 Å². The summed E-state index contributed by atoms with van der Waals surface area (Å²) in [5, 5.41) is 0. The Labute approximate surface area is 119 Å². The van der Waals surface area contributed by atoms with Gasteiger partial charge in [-0.15, -0.1) is 0 Å². The van der Waals surface area contributed by atoms with Crippen molar-refractivity contribution in [3.05, 3.63) is 0 Å². The van der Waals surface area contributed by atoms with Crippen LogP contribution < -0.4 is 5.73 Å². The summed E-state index contributed by atoms with van der Waals surface area (Å²) in [6.07, 6.45) is 2.17. The van der Waals surface area contributed by atoms with E-state index in [2.05, 4.69) is 4.52 Å². The number of carbonyl (C=O) groups excluding carboxylic acids is 1. The number of thioether (sulfide) groups is 1. The molecule has 0 aromatic rings. The van der Waals surface area contributed by atoms with Gasteiger partial charge in [-0.05, 0) is 18.4 Å². The summed E-state index contributed by atoms with van der Waals surface area (Å²) >= 11 is 1.48. The Hall–Kier alpha value is 1.19. The Morgan fingerprint density at radius 3 is 2.57 bits per heavy atom. The number of hydrogen-bond donors (Lipinski definition) is 3. The van der Waals surface area contributed by atoms with Crippen LogP contribution in [0.1, 0.15) is 9.27 Å². The van der Waals surface area contributed by atoms with Crippen LogP contribution in [0.4, 0.5) is 0 Å². The molecule has 0 fully saturated rings. The second-order valence-corrected chi connectivity index (χ2v) is 4.44. The zero-order valence-corrected chi connectivity index (χ0v) is 11.7. The number of phosphoric ester groups is 1. The van der Waals surface area contributed by atoms with Gasteiger partial charge in [0.1, 0.15) is 6.04 Å². The van der Waals surface area contributed by atoms with Crippen molar-refractivity contribution >= 4 is 63.3 Å². The first kappa shape index (κ1) is 17.6. The summed E-state index contributed by atoms with van der Waals surface area (Å²) in [6, 6.07) is -0.972. The van der Waals surface area contributed by atoms with Gasteiger partial charge < -0.3 is 13.1 Å². The molecule has 1 atom stereocenters. The predicted octanol–water partition coefficient (Wildman–Crippen LogP) is -0.453. The normalized spacial score (nSPS) is 12.9. The molecule has 0 aromatic heterocycles. The minimum absolute atomic E-state index is 0. The quantitative estimate of drug-likeness (QED) is 0.458. The molecule has 0 aliphatic heterocycles. The monoisotopic (exact) mass is 271 g/mol. The molecule has 0 rings (SSSR count). The van der Waals surface area contributed by atoms with Crippen LogP contribution in [0, 0.1) is 0 Å². The van der Waals surface area contributed by atoms with Crippen LogP contribution in [-0.4, -0.2) is 71.5 Å². The van der Waals surface area contributed by atoms with E-state index in [9.17, 15) is 9.36 Å². The number of carbonyl (C=O) groups is 1. The molecule has 6 nitrogen and oxygen atoms in total. The first-order valence-corrected chi connectivity index (χ1v) is 6.32. The van der Waals surface area contributed by atoms with Crippen LogP contribution in [0.3, 0.4) is 0 Å². The van der Waals surface area contributed by atoms with Gasteiger partial charge in [0, 0.05) is 0 Å². The largest absolute Gasteiger partial charge is 2.00 e. The van der Waals surface area contributed by atoms with E-state index in [1.807, 2.05) is 6.26 Å². The molecule has 9 heteroatoms. The van der Waals surface area contributed by atoms with Crippen molar-refractivity contribution < 1.29 is 26.5 Å². The fourth-order valence-corrected chi connectivity index (χ4v) is 1.41. The third-order valence-electron chi connectivity index (χ3n) is 1.14. The van der Waals surface area contributed by atoms with Gasteiger partial charge in [0.25, 0.3) is 0 Å². The molecule has 0 amide bonds. The van der Waals surface area contributed by atoms with E-state index in [4.69, 9.17) is 15.5 Å². The van der Waals surface area contributed by atoms with Crippen LogP contribution in [0.15, 0.2) is 0 Å². The average Bonchev–Trinajstić information content (AvgIpc) is 1.96. The van der Waals surface area contributed by atoms with Crippen LogP contribution in [0.25, 0.3) is 0 Å². The van der Waals surface area contributed by atoms with E-state index in [1.165, 1.54) is 11.8 Å². The maximum absolute atomic E-state index is 10.8. The fraction of sp³-hybridized carbons (Fsp3) is 0.800. The summed E-state index contributed by atoms with van der Waals surface area (Å²) in [5.74, 6) is -0.431. The molecule has 0 spiro atoms. The molecule has 0 radical (unpaired) electrons. The van der Waals surface area contributed by atoms with Crippen molar-refractivity contribution in [2.24, 2.45) is 5.73 Å². The fourth-order valence-electron chi connectivity index (χ4n) is 0.548. The van der Waals surface area contributed by atoms with Crippen molar-refractivity contribution in [1.29, 1.82) is 0 Å². The Morgan fingerprint density at radius 2 is 2.21 bits per heavy atom. The molecule has 14 heavy (non-hydrogen) atoms. The zero-order chi connectivity index (χ0) is 10.5. The van der Waals surface area contributed by atoms with Gasteiger partial charge in [0.2, 0.25) is 0 Å². The van der Waals surface area contributed by atoms with Crippen LogP contribution >= 0.6 is 19.6 Å². The predicted molar refractivity (Wildman–Crippen MR) is 57.1 cm³/mol. The zero-order valence-electron chi connectivity index (χ0n) is 9.75. The average molecular weight is 271 g/mol. The van der Waals surface area contributed by atoms with Crippen molar-refractivity contribution in [2.45, 2.75) is 12.5 Å². The number of rotatable bonds is 5. The molecular formula is C5H14CaNO5PS. The van der Waals surface area contributed by atoms with Gasteiger partial charge in [0.05, 0.1) is 0 Å². The molecule has 0 aliphatic rings. The smallest absolute Gasteiger partial charge is 1.00 e. The first-order valence-electron chi connectivity index (χ1n) is 3.40. The minimum Gasteiger partial charge on any atom is -1.00 e. The SMILES string of the molecule is CSCC[C@H](N)C(=O)OP(=O)(O)O.[Ca+2].[H-].[H-]. The molecular weight excluding hydrogens is 257 g/mol. The van der Waals surface area contributed by atoms with E-state index in [-0.39, 0.29) is 40.6 Å². The molecule has 0 saturated heterocycles. The summed E-state index contributed by atoms with van der Waals surface area (Å²) < 4.78 is 14.0. The van der Waals surface area contributed by atoms with Crippen molar-refractivity contribution in [3.63, 3.8) is 0 Å². The second kappa shape index (κ2) is 8.35. The van der Waals surface area contributed by atoms with Crippen LogP contribution in [0.2, 0.25) is 0 Å². The van der Waals surface area contributed by atoms with Gasteiger partial charge >= 0.3 is 51.5 Å². The van der Waals surface area contributed by atoms with Crippen molar-refractivity contribution in [3.8, 4) is 0 Å². The van der Waals surface area contributed by atoms with Crippen molar-refractivity contribution in [2.75, 3.05) is 12.0 Å². The van der Waals surface area contributed by atoms with Crippen LogP contribution in [-0.2, 0) is 13.9 Å². The van der Waals surface area contributed by atoms with Crippen molar-refractivity contribution in [1.82, 2.24) is 0 Å². The maximum Gasteiger partial charge on any atom is 2.00 e. The molecule has 4 N–H and O–H groups in total. The number of nitrogens with two attached hydrogens (primary N) is 1. The van der Waals surface area contributed by atoms with Gasteiger partial charge in [-0.25, -0.2) is 9.36 Å². The Bertz CT molecular complexity index is 231. The van der Waals surface area contributed by atoms with E-state index in [0.717, 1.165) is 0 Å². The second-order valence-electron chi connectivity index (χ2n) is 2.29. The van der Waals surface area contributed by atoms with E-state index in [1.54, 1.807) is 0 Å². The molecule has 0 heterocycles. The summed E-state index contributed by atoms with van der Waals surface area (Å²) in [6.45, 7) is 0. The third-order valence-corrected chi connectivity index (χ3v) is 2.21. The molecule has 0 aromatic carbocycles. The van der Waals surface area contributed by atoms with E-state index in [0.29, 0.717) is 12.2 Å².